The van der Waals surface area contributed by atoms with Crippen LogP contribution in [-0.4, -0.2) is 18.0 Å². The van der Waals surface area contributed by atoms with E-state index in [0.29, 0.717) is 5.41 Å². The van der Waals surface area contributed by atoms with Gasteiger partial charge in [-0.2, -0.15) is 0 Å². The van der Waals surface area contributed by atoms with Gasteiger partial charge >= 0.3 is 0 Å². The van der Waals surface area contributed by atoms with Gasteiger partial charge in [-0.05, 0) is 55.8 Å². The third kappa shape index (κ3) is 2.07. The molecule has 1 N–H and O–H groups in total. The Hall–Kier alpha value is -0.0800. The van der Waals surface area contributed by atoms with Crippen molar-refractivity contribution in [1.82, 2.24) is 0 Å². The third-order valence-electron chi connectivity index (χ3n) is 4.85. The fourth-order valence-electron chi connectivity index (χ4n) is 3.70. The highest BCUT2D eigenvalue weighted by Gasteiger charge is 2.53. The Morgan fingerprint density at radius 2 is 2.13 bits per heavy atom. The molecule has 88 valence electrons. The smallest absolute Gasteiger partial charge is 0.151 e. The third-order valence-corrected chi connectivity index (χ3v) is 4.85. The number of hydrogen-bond acceptors (Lipinski definition) is 2. The lowest BCUT2D eigenvalue weighted by molar-refractivity contribution is -0.127. The lowest BCUT2D eigenvalue weighted by Crippen LogP contribution is -2.52. The summed E-state index contributed by atoms with van der Waals surface area (Å²) < 4.78 is 5.23. The summed E-state index contributed by atoms with van der Waals surface area (Å²) in [6.07, 6.45) is 4.75. The van der Waals surface area contributed by atoms with E-state index in [9.17, 15) is 0 Å². The molecule has 2 nitrogen and oxygen atoms in total. The minimum absolute atomic E-state index is 0.577. The Morgan fingerprint density at radius 1 is 1.40 bits per heavy atom. The van der Waals surface area contributed by atoms with Gasteiger partial charge in [-0.1, -0.05) is 13.8 Å². The molecular formula is C13H24O2. The molecule has 0 aliphatic heterocycles. The quantitative estimate of drug-likeness (QED) is 0.726. The molecule has 0 saturated heterocycles. The molecule has 4 atom stereocenters. The molecule has 0 radical (unpaired) electrons. The first-order chi connectivity index (χ1) is 7.01. The van der Waals surface area contributed by atoms with Crippen molar-refractivity contribution < 1.29 is 9.84 Å². The maximum atomic E-state index is 9.04. The Bertz CT molecular complexity index is 221. The highest BCUT2D eigenvalue weighted by molar-refractivity contribution is 5.02. The van der Waals surface area contributed by atoms with Crippen molar-refractivity contribution in [2.24, 2.45) is 23.2 Å². The molecule has 3 aliphatic carbocycles. The zero-order chi connectivity index (χ0) is 11.1. The molecule has 2 unspecified atom stereocenters. The maximum Gasteiger partial charge on any atom is 0.151 e. The van der Waals surface area contributed by atoms with E-state index in [-0.39, 0.29) is 0 Å². The molecular weight excluding hydrogens is 188 g/mol. The molecule has 0 aromatic carbocycles. The number of rotatable bonds is 4. The SMILES string of the molecule is CC(O)OCCC1CC[C@H]2C[C@@H]1C2(C)C. The first-order valence-corrected chi connectivity index (χ1v) is 6.31. The standard InChI is InChI=1S/C13H24O2/c1-9(14)15-7-6-10-4-5-11-8-12(10)13(11,2)3/h9-12,14H,4-8H2,1-3H3/t9?,10?,11-,12-/m0/s1. The summed E-state index contributed by atoms with van der Waals surface area (Å²) in [5.74, 6) is 2.73. The van der Waals surface area contributed by atoms with E-state index >= 15 is 0 Å². The Balaban J connectivity index is 1.78. The second-order valence-corrected chi connectivity index (χ2v) is 5.96. The minimum Gasteiger partial charge on any atom is -0.368 e. The van der Waals surface area contributed by atoms with Gasteiger partial charge in [0.05, 0.1) is 0 Å². The fraction of sp³-hybridized carbons (Fsp3) is 1.00. The number of hydrogen-bond donors (Lipinski definition) is 1. The summed E-state index contributed by atoms with van der Waals surface area (Å²) in [5.41, 5.74) is 0.577. The molecule has 3 saturated carbocycles. The average molecular weight is 212 g/mol. The molecule has 0 aromatic heterocycles. The van der Waals surface area contributed by atoms with Gasteiger partial charge in [-0.25, -0.2) is 0 Å². The second kappa shape index (κ2) is 4.06. The Morgan fingerprint density at radius 3 is 2.67 bits per heavy atom. The molecule has 0 aromatic rings. The normalized spacial score (nSPS) is 39.6. The molecule has 2 bridgehead atoms. The largest absolute Gasteiger partial charge is 0.368 e. The molecule has 2 heteroatoms. The van der Waals surface area contributed by atoms with Gasteiger partial charge in [0, 0.05) is 6.61 Å². The minimum atomic E-state index is -0.601. The van der Waals surface area contributed by atoms with Gasteiger partial charge in [0.2, 0.25) is 0 Å². The molecule has 0 amide bonds. The van der Waals surface area contributed by atoms with Gasteiger partial charge < -0.3 is 9.84 Å². The number of fused-ring (bicyclic) bond motifs is 2. The number of ether oxygens (including phenoxy) is 1. The van der Waals surface area contributed by atoms with Crippen LogP contribution >= 0.6 is 0 Å². The highest BCUT2D eigenvalue weighted by Crippen LogP contribution is 2.61. The molecule has 3 aliphatic rings. The van der Waals surface area contributed by atoms with Crippen molar-refractivity contribution in [3.63, 3.8) is 0 Å². The molecule has 3 fully saturated rings. The highest BCUT2D eigenvalue weighted by atomic mass is 16.6. The summed E-state index contributed by atoms with van der Waals surface area (Å²) in [7, 11) is 0. The van der Waals surface area contributed by atoms with Gasteiger partial charge in [0.25, 0.3) is 0 Å². The first-order valence-electron chi connectivity index (χ1n) is 6.31. The van der Waals surface area contributed by atoms with Gasteiger partial charge in [-0.15, -0.1) is 0 Å². The van der Waals surface area contributed by atoms with Gasteiger partial charge in [0.15, 0.2) is 6.29 Å². The van der Waals surface area contributed by atoms with Gasteiger partial charge in [0.1, 0.15) is 0 Å². The Labute approximate surface area is 93.0 Å². The fourth-order valence-corrected chi connectivity index (χ4v) is 3.70. The van der Waals surface area contributed by atoms with Crippen LogP contribution < -0.4 is 0 Å². The van der Waals surface area contributed by atoms with Crippen LogP contribution in [0.1, 0.15) is 46.5 Å². The molecule has 0 heterocycles. The van der Waals surface area contributed by atoms with Crippen molar-refractivity contribution in [3.05, 3.63) is 0 Å². The van der Waals surface area contributed by atoms with E-state index in [0.717, 1.165) is 30.8 Å². The van der Waals surface area contributed by atoms with E-state index in [1.807, 2.05) is 0 Å². The second-order valence-electron chi connectivity index (χ2n) is 5.96. The molecule has 3 rings (SSSR count). The summed E-state index contributed by atoms with van der Waals surface area (Å²) in [5, 5.41) is 9.04. The molecule has 15 heavy (non-hydrogen) atoms. The predicted octanol–water partition coefficient (Wildman–Crippen LogP) is 2.80. The van der Waals surface area contributed by atoms with E-state index in [1.165, 1.54) is 19.3 Å². The van der Waals surface area contributed by atoms with Crippen molar-refractivity contribution in [2.45, 2.75) is 52.7 Å². The summed E-state index contributed by atoms with van der Waals surface area (Å²) in [6, 6.07) is 0. The lowest BCUT2D eigenvalue weighted by atomic mass is 9.45. The van der Waals surface area contributed by atoms with E-state index in [4.69, 9.17) is 9.84 Å². The zero-order valence-electron chi connectivity index (χ0n) is 10.2. The monoisotopic (exact) mass is 212 g/mol. The molecule has 0 spiro atoms. The maximum absolute atomic E-state index is 9.04. The van der Waals surface area contributed by atoms with Crippen LogP contribution in [0.4, 0.5) is 0 Å². The van der Waals surface area contributed by atoms with Crippen LogP contribution in [0.3, 0.4) is 0 Å². The van der Waals surface area contributed by atoms with Crippen LogP contribution in [0.2, 0.25) is 0 Å². The zero-order valence-corrected chi connectivity index (χ0v) is 10.2. The van der Waals surface area contributed by atoms with Crippen LogP contribution in [0.15, 0.2) is 0 Å². The van der Waals surface area contributed by atoms with Crippen LogP contribution in [0, 0.1) is 23.2 Å². The summed E-state index contributed by atoms with van der Waals surface area (Å²) in [6.45, 7) is 7.25. The van der Waals surface area contributed by atoms with Crippen molar-refractivity contribution in [2.75, 3.05) is 6.61 Å². The van der Waals surface area contributed by atoms with Crippen LogP contribution in [0.5, 0.6) is 0 Å². The Kier molecular flexibility index (Phi) is 3.09. The van der Waals surface area contributed by atoms with E-state index < -0.39 is 6.29 Å². The first kappa shape index (κ1) is 11.4. The van der Waals surface area contributed by atoms with E-state index in [1.54, 1.807) is 6.92 Å². The van der Waals surface area contributed by atoms with Gasteiger partial charge in [-0.3, -0.25) is 0 Å². The lowest BCUT2D eigenvalue weighted by Gasteiger charge is -2.60. The summed E-state index contributed by atoms with van der Waals surface area (Å²) >= 11 is 0. The predicted molar refractivity (Wildman–Crippen MR) is 60.4 cm³/mol. The van der Waals surface area contributed by atoms with Crippen molar-refractivity contribution in [3.8, 4) is 0 Å². The number of aliphatic hydroxyl groups excluding tert-OH is 1. The number of aliphatic hydroxyl groups is 1. The van der Waals surface area contributed by atoms with Crippen LogP contribution in [0.25, 0.3) is 0 Å². The van der Waals surface area contributed by atoms with Crippen molar-refractivity contribution >= 4 is 0 Å². The van der Waals surface area contributed by atoms with Crippen molar-refractivity contribution in [1.29, 1.82) is 0 Å². The van der Waals surface area contributed by atoms with E-state index in [2.05, 4.69) is 13.8 Å². The topological polar surface area (TPSA) is 29.5 Å². The van der Waals surface area contributed by atoms with Crippen LogP contribution in [-0.2, 0) is 4.74 Å². The summed E-state index contributed by atoms with van der Waals surface area (Å²) in [4.78, 5) is 0. The average Bonchev–Trinajstić information content (AvgIpc) is 2.17.